The Labute approximate surface area is 104 Å². The maximum absolute atomic E-state index is 5.49. The molecular formula is C14H23NO2. The van der Waals surface area contributed by atoms with Gasteiger partial charge in [0.25, 0.3) is 0 Å². The quantitative estimate of drug-likeness (QED) is 0.786. The fourth-order valence-corrected chi connectivity index (χ4v) is 1.81. The summed E-state index contributed by atoms with van der Waals surface area (Å²) in [6, 6.07) is 4.59. The molecule has 17 heavy (non-hydrogen) atoms. The molecule has 0 heterocycles. The molecule has 0 atom stereocenters. The van der Waals surface area contributed by atoms with E-state index in [1.165, 1.54) is 5.56 Å². The lowest BCUT2D eigenvalue weighted by atomic mass is 10.1. The van der Waals surface area contributed by atoms with Crippen LogP contribution < -0.4 is 9.47 Å². The Hall–Kier alpha value is -1.22. The van der Waals surface area contributed by atoms with Crippen molar-refractivity contribution in [3.8, 4) is 11.5 Å². The van der Waals surface area contributed by atoms with Crippen molar-refractivity contribution in [2.75, 3.05) is 21.3 Å². The molecule has 3 nitrogen and oxygen atoms in total. The van der Waals surface area contributed by atoms with E-state index in [9.17, 15) is 0 Å². The van der Waals surface area contributed by atoms with Gasteiger partial charge in [0, 0.05) is 23.7 Å². The highest BCUT2D eigenvalue weighted by molar-refractivity contribution is 5.49. The largest absolute Gasteiger partial charge is 0.496 e. The summed E-state index contributed by atoms with van der Waals surface area (Å²) < 4.78 is 10.8. The van der Waals surface area contributed by atoms with Crippen LogP contribution in [0, 0.1) is 6.92 Å². The van der Waals surface area contributed by atoms with Gasteiger partial charge in [-0.25, -0.2) is 0 Å². The summed E-state index contributed by atoms with van der Waals surface area (Å²) in [4.78, 5) is 2.28. The Morgan fingerprint density at radius 1 is 1.18 bits per heavy atom. The zero-order chi connectivity index (χ0) is 13.0. The smallest absolute Gasteiger partial charge is 0.129 e. The van der Waals surface area contributed by atoms with E-state index < -0.39 is 0 Å². The molecule has 3 heteroatoms. The molecule has 96 valence electrons. The van der Waals surface area contributed by atoms with Gasteiger partial charge in [-0.3, -0.25) is 4.90 Å². The van der Waals surface area contributed by atoms with Crippen molar-refractivity contribution in [3.63, 3.8) is 0 Å². The van der Waals surface area contributed by atoms with Crippen LogP contribution in [0.5, 0.6) is 11.5 Å². The second-order valence-electron chi connectivity index (χ2n) is 4.59. The highest BCUT2D eigenvalue weighted by Gasteiger charge is 2.13. The molecular weight excluding hydrogens is 214 g/mol. The summed E-state index contributed by atoms with van der Waals surface area (Å²) in [6.07, 6.45) is 0. The molecule has 0 N–H and O–H groups in total. The highest BCUT2D eigenvalue weighted by atomic mass is 16.5. The maximum atomic E-state index is 5.49. The fraction of sp³-hybridized carbons (Fsp3) is 0.571. The normalized spacial score (nSPS) is 11.1. The molecule has 1 aromatic rings. The van der Waals surface area contributed by atoms with Crippen LogP contribution in [0.15, 0.2) is 12.1 Å². The first-order chi connectivity index (χ1) is 8.01. The zero-order valence-corrected chi connectivity index (χ0v) is 11.7. The van der Waals surface area contributed by atoms with Crippen molar-refractivity contribution in [3.05, 3.63) is 23.3 Å². The average molecular weight is 237 g/mol. The minimum absolute atomic E-state index is 0.516. The summed E-state index contributed by atoms with van der Waals surface area (Å²) in [6.45, 7) is 7.27. The van der Waals surface area contributed by atoms with Crippen LogP contribution in [-0.4, -0.2) is 32.2 Å². The average Bonchev–Trinajstić information content (AvgIpc) is 2.29. The predicted molar refractivity (Wildman–Crippen MR) is 70.9 cm³/mol. The van der Waals surface area contributed by atoms with E-state index in [0.717, 1.165) is 23.6 Å². The molecule has 0 spiro atoms. The zero-order valence-electron chi connectivity index (χ0n) is 11.7. The Balaban J connectivity index is 3.04. The van der Waals surface area contributed by atoms with Crippen LogP contribution in [-0.2, 0) is 6.54 Å². The molecule has 0 unspecified atom stereocenters. The minimum atomic E-state index is 0.516. The molecule has 1 aromatic carbocycles. The third kappa shape index (κ3) is 3.13. The van der Waals surface area contributed by atoms with E-state index in [1.807, 2.05) is 13.0 Å². The lowest BCUT2D eigenvalue weighted by Crippen LogP contribution is -2.25. The first kappa shape index (κ1) is 13.8. The number of hydrogen-bond donors (Lipinski definition) is 0. The van der Waals surface area contributed by atoms with Crippen molar-refractivity contribution in [2.24, 2.45) is 0 Å². The van der Waals surface area contributed by atoms with E-state index in [2.05, 4.69) is 31.9 Å². The van der Waals surface area contributed by atoms with E-state index in [1.54, 1.807) is 14.2 Å². The van der Waals surface area contributed by atoms with Gasteiger partial charge in [0.15, 0.2) is 0 Å². The maximum Gasteiger partial charge on any atom is 0.129 e. The van der Waals surface area contributed by atoms with Gasteiger partial charge in [-0.15, -0.1) is 0 Å². The van der Waals surface area contributed by atoms with E-state index >= 15 is 0 Å². The summed E-state index contributed by atoms with van der Waals surface area (Å²) in [5.41, 5.74) is 2.26. The topological polar surface area (TPSA) is 21.7 Å². The monoisotopic (exact) mass is 237 g/mol. The van der Waals surface area contributed by atoms with Gasteiger partial charge in [0.1, 0.15) is 11.5 Å². The first-order valence-electron chi connectivity index (χ1n) is 5.92. The molecule has 0 aromatic heterocycles. The van der Waals surface area contributed by atoms with Gasteiger partial charge in [-0.05, 0) is 33.9 Å². The molecule has 0 saturated carbocycles. The van der Waals surface area contributed by atoms with Crippen LogP contribution in [0.4, 0.5) is 0 Å². The Kier molecular flexibility index (Phi) is 4.82. The Morgan fingerprint density at radius 3 is 2.29 bits per heavy atom. The second kappa shape index (κ2) is 5.92. The lowest BCUT2D eigenvalue weighted by Gasteiger charge is -2.23. The van der Waals surface area contributed by atoms with Gasteiger partial charge >= 0.3 is 0 Å². The molecule has 0 amide bonds. The van der Waals surface area contributed by atoms with Gasteiger partial charge in [0.05, 0.1) is 14.2 Å². The van der Waals surface area contributed by atoms with Crippen molar-refractivity contribution >= 4 is 0 Å². The number of nitrogens with zero attached hydrogens (tertiary/aromatic N) is 1. The van der Waals surface area contributed by atoms with E-state index in [0.29, 0.717) is 6.04 Å². The van der Waals surface area contributed by atoms with Crippen LogP contribution in [0.3, 0.4) is 0 Å². The van der Waals surface area contributed by atoms with Crippen LogP contribution >= 0.6 is 0 Å². The number of ether oxygens (including phenoxy) is 2. The molecule has 0 bridgehead atoms. The summed E-state index contributed by atoms with van der Waals surface area (Å²) in [5, 5.41) is 0. The molecule has 0 aliphatic carbocycles. The number of hydrogen-bond acceptors (Lipinski definition) is 3. The molecule has 0 aliphatic rings. The van der Waals surface area contributed by atoms with Crippen molar-refractivity contribution in [1.29, 1.82) is 0 Å². The third-order valence-corrected chi connectivity index (χ3v) is 3.16. The second-order valence-corrected chi connectivity index (χ2v) is 4.59. The number of benzene rings is 1. The number of methoxy groups -OCH3 is 2. The minimum Gasteiger partial charge on any atom is -0.496 e. The van der Waals surface area contributed by atoms with Gasteiger partial charge in [0.2, 0.25) is 0 Å². The van der Waals surface area contributed by atoms with Crippen molar-refractivity contribution in [1.82, 2.24) is 4.90 Å². The lowest BCUT2D eigenvalue weighted by molar-refractivity contribution is 0.260. The Bertz CT molecular complexity index is 375. The van der Waals surface area contributed by atoms with Crippen LogP contribution in [0.1, 0.15) is 25.0 Å². The highest BCUT2D eigenvalue weighted by Crippen LogP contribution is 2.31. The number of rotatable bonds is 5. The standard InChI is InChI=1S/C14H23NO2/c1-10(2)15(4)9-12-7-8-13(16-5)11(3)14(12)17-6/h7-8,10H,9H2,1-6H3. The molecule has 0 saturated heterocycles. The summed E-state index contributed by atoms with van der Waals surface area (Å²) >= 11 is 0. The Morgan fingerprint density at radius 2 is 1.82 bits per heavy atom. The third-order valence-electron chi connectivity index (χ3n) is 3.16. The summed E-state index contributed by atoms with van der Waals surface area (Å²) in [7, 11) is 5.51. The fourth-order valence-electron chi connectivity index (χ4n) is 1.81. The molecule has 0 fully saturated rings. The van der Waals surface area contributed by atoms with E-state index in [-0.39, 0.29) is 0 Å². The van der Waals surface area contributed by atoms with Crippen LogP contribution in [0.2, 0.25) is 0 Å². The van der Waals surface area contributed by atoms with E-state index in [4.69, 9.17) is 9.47 Å². The SMILES string of the molecule is COc1ccc(CN(C)C(C)C)c(OC)c1C. The summed E-state index contributed by atoms with van der Waals surface area (Å²) in [5.74, 6) is 1.80. The molecule has 0 aliphatic heterocycles. The first-order valence-corrected chi connectivity index (χ1v) is 5.92. The molecule has 1 rings (SSSR count). The van der Waals surface area contributed by atoms with Crippen molar-refractivity contribution < 1.29 is 9.47 Å². The van der Waals surface area contributed by atoms with Gasteiger partial charge in [-0.1, -0.05) is 6.07 Å². The van der Waals surface area contributed by atoms with Crippen molar-refractivity contribution in [2.45, 2.75) is 33.4 Å². The predicted octanol–water partition coefficient (Wildman–Crippen LogP) is 2.85. The van der Waals surface area contributed by atoms with Gasteiger partial charge < -0.3 is 9.47 Å². The van der Waals surface area contributed by atoms with Crippen LogP contribution in [0.25, 0.3) is 0 Å². The van der Waals surface area contributed by atoms with Gasteiger partial charge in [-0.2, -0.15) is 0 Å². The molecule has 0 radical (unpaired) electrons.